The van der Waals surface area contributed by atoms with E-state index in [1.807, 2.05) is 89.3 Å². The number of para-hydroxylation sites is 1. The molecule has 0 aliphatic carbocycles. The van der Waals surface area contributed by atoms with Gasteiger partial charge in [-0.3, -0.25) is 9.78 Å². The molecule has 2 unspecified atom stereocenters. The van der Waals surface area contributed by atoms with Gasteiger partial charge in [0.15, 0.2) is 5.11 Å². The first-order chi connectivity index (χ1) is 19.0. The van der Waals surface area contributed by atoms with Crippen LogP contribution in [0, 0.1) is 6.92 Å². The van der Waals surface area contributed by atoms with Crippen LogP contribution in [0.25, 0.3) is 5.69 Å². The van der Waals surface area contributed by atoms with Crippen LogP contribution in [0.4, 0.5) is 5.69 Å². The molecule has 1 aliphatic heterocycles. The maximum absolute atomic E-state index is 12.9. The molecule has 1 saturated heterocycles. The summed E-state index contributed by atoms with van der Waals surface area (Å²) in [6.45, 7) is 2.38. The molecule has 4 aromatic rings. The largest absolute Gasteiger partial charge is 0.465 e. The highest BCUT2D eigenvalue weighted by Crippen LogP contribution is 2.40. The number of pyridine rings is 1. The number of rotatable bonds is 8. The number of carbonyl (C=O) groups excluding carboxylic acids is 2. The molecule has 2 aromatic heterocycles. The fourth-order valence-corrected chi connectivity index (χ4v) is 5.29. The van der Waals surface area contributed by atoms with Crippen LogP contribution in [-0.2, 0) is 9.53 Å². The molecular formula is C30H29N5O3S. The number of benzene rings is 2. The zero-order valence-electron chi connectivity index (χ0n) is 21.7. The van der Waals surface area contributed by atoms with E-state index in [9.17, 15) is 9.59 Å². The molecule has 1 fully saturated rings. The van der Waals surface area contributed by atoms with E-state index in [0.29, 0.717) is 22.9 Å². The van der Waals surface area contributed by atoms with E-state index >= 15 is 0 Å². The molecule has 2 N–H and O–H groups in total. The second kappa shape index (κ2) is 11.5. The topological polar surface area (TPSA) is 88.5 Å². The first-order valence-corrected chi connectivity index (χ1v) is 13.1. The van der Waals surface area contributed by atoms with Gasteiger partial charge in [0, 0.05) is 36.7 Å². The number of hydrogen-bond acceptors (Lipinski definition) is 5. The maximum atomic E-state index is 12.9. The Morgan fingerprint density at radius 2 is 1.87 bits per heavy atom. The molecule has 0 spiro atoms. The third-order valence-corrected chi connectivity index (χ3v) is 7.08. The van der Waals surface area contributed by atoms with Gasteiger partial charge in [-0.05, 0) is 73.2 Å². The SMILES string of the molecule is COC(=O)c1ccccc1-n1cccc1C1C(c2ccccn2)NC(=S)N1CCC(=O)Nc1cccc(C)c1. The van der Waals surface area contributed by atoms with Crippen molar-refractivity contribution in [2.24, 2.45) is 0 Å². The van der Waals surface area contributed by atoms with E-state index in [2.05, 4.69) is 15.6 Å². The predicted octanol–water partition coefficient (Wildman–Crippen LogP) is 4.97. The lowest BCUT2D eigenvalue weighted by molar-refractivity contribution is -0.116. The number of nitrogens with one attached hydrogen (secondary N) is 2. The Bertz CT molecular complexity index is 1500. The maximum Gasteiger partial charge on any atom is 0.339 e. The fraction of sp³-hybridized carbons (Fsp3) is 0.200. The molecule has 0 bridgehead atoms. The number of aryl methyl sites for hydroxylation is 1. The van der Waals surface area contributed by atoms with Crippen LogP contribution >= 0.6 is 12.2 Å². The highest BCUT2D eigenvalue weighted by atomic mass is 32.1. The first-order valence-electron chi connectivity index (χ1n) is 12.7. The standard InChI is InChI=1S/C30H29N5O3S/c1-20-9-7-10-21(19-20)32-26(36)15-18-35-28(27(33-30(35)39)23-12-5-6-16-31-23)25-14-8-17-34(25)24-13-4-3-11-22(24)29(37)38-2/h3-14,16-17,19,27-28H,15,18H2,1-2H3,(H,32,36)(H,33,39). The number of carbonyl (C=O) groups is 2. The van der Waals surface area contributed by atoms with Crippen LogP contribution in [-0.4, -0.2) is 45.1 Å². The lowest BCUT2D eigenvalue weighted by atomic mass is 10.0. The number of hydrogen-bond donors (Lipinski definition) is 2. The van der Waals surface area contributed by atoms with Crippen molar-refractivity contribution in [1.82, 2.24) is 19.8 Å². The molecule has 3 heterocycles. The van der Waals surface area contributed by atoms with Crippen LogP contribution in [0.2, 0.25) is 0 Å². The Labute approximate surface area is 232 Å². The van der Waals surface area contributed by atoms with Gasteiger partial charge >= 0.3 is 5.97 Å². The number of aromatic nitrogens is 2. The second-order valence-corrected chi connectivity index (χ2v) is 9.69. The molecule has 2 atom stereocenters. The summed E-state index contributed by atoms with van der Waals surface area (Å²) in [5.74, 6) is -0.522. The zero-order valence-corrected chi connectivity index (χ0v) is 22.5. The van der Waals surface area contributed by atoms with E-state index < -0.39 is 5.97 Å². The Hall–Kier alpha value is -4.50. The van der Waals surface area contributed by atoms with E-state index in [1.54, 1.807) is 18.3 Å². The van der Waals surface area contributed by atoms with Crippen LogP contribution in [0.1, 0.15) is 45.8 Å². The number of ether oxygens (including phenoxy) is 1. The number of nitrogens with zero attached hydrogens (tertiary/aromatic N) is 3. The molecule has 5 rings (SSSR count). The van der Waals surface area contributed by atoms with Gasteiger partial charge in [0.05, 0.1) is 36.1 Å². The average Bonchev–Trinajstić information content (AvgIpc) is 3.56. The molecule has 39 heavy (non-hydrogen) atoms. The monoisotopic (exact) mass is 539 g/mol. The highest BCUT2D eigenvalue weighted by molar-refractivity contribution is 7.80. The molecule has 1 amide bonds. The fourth-order valence-electron chi connectivity index (χ4n) is 4.96. The number of esters is 1. The number of methoxy groups -OCH3 is 1. The van der Waals surface area contributed by atoms with Crippen molar-refractivity contribution < 1.29 is 14.3 Å². The van der Waals surface area contributed by atoms with Crippen molar-refractivity contribution in [3.8, 4) is 5.69 Å². The molecule has 0 radical (unpaired) electrons. The summed E-state index contributed by atoms with van der Waals surface area (Å²) in [5, 5.41) is 6.94. The minimum absolute atomic E-state index is 0.102. The van der Waals surface area contributed by atoms with Gasteiger partial charge in [-0.1, -0.05) is 30.3 Å². The van der Waals surface area contributed by atoms with Gasteiger partial charge in [0.25, 0.3) is 0 Å². The third kappa shape index (κ3) is 5.53. The lowest BCUT2D eigenvalue weighted by Gasteiger charge is -2.29. The summed E-state index contributed by atoms with van der Waals surface area (Å²) in [6.07, 6.45) is 3.90. The summed E-state index contributed by atoms with van der Waals surface area (Å²) < 4.78 is 7.01. The van der Waals surface area contributed by atoms with E-state index in [-0.39, 0.29) is 24.4 Å². The Morgan fingerprint density at radius 1 is 1.05 bits per heavy atom. The first kappa shape index (κ1) is 26.1. The molecular weight excluding hydrogens is 510 g/mol. The van der Waals surface area contributed by atoms with E-state index in [1.165, 1.54) is 7.11 Å². The third-order valence-electron chi connectivity index (χ3n) is 6.73. The van der Waals surface area contributed by atoms with Crippen molar-refractivity contribution in [1.29, 1.82) is 0 Å². The van der Waals surface area contributed by atoms with E-state index in [4.69, 9.17) is 17.0 Å². The lowest BCUT2D eigenvalue weighted by Crippen LogP contribution is -2.33. The van der Waals surface area contributed by atoms with Crippen molar-refractivity contribution in [3.05, 3.63) is 114 Å². The molecule has 1 aliphatic rings. The second-order valence-electron chi connectivity index (χ2n) is 9.30. The van der Waals surface area contributed by atoms with Crippen molar-refractivity contribution in [2.75, 3.05) is 19.0 Å². The van der Waals surface area contributed by atoms with Gasteiger partial charge in [0.2, 0.25) is 5.91 Å². The average molecular weight is 540 g/mol. The van der Waals surface area contributed by atoms with Crippen molar-refractivity contribution in [2.45, 2.75) is 25.4 Å². The van der Waals surface area contributed by atoms with Crippen molar-refractivity contribution >= 4 is 34.9 Å². The summed E-state index contributed by atoms with van der Waals surface area (Å²) in [7, 11) is 1.37. The molecule has 198 valence electrons. The quantitative estimate of drug-likeness (QED) is 0.241. The summed E-state index contributed by atoms with van der Waals surface area (Å²) in [6, 6.07) is 24.2. The minimum Gasteiger partial charge on any atom is -0.465 e. The highest BCUT2D eigenvalue weighted by Gasteiger charge is 2.41. The van der Waals surface area contributed by atoms with Crippen LogP contribution < -0.4 is 10.6 Å². The molecule has 8 nitrogen and oxygen atoms in total. The predicted molar refractivity (Wildman–Crippen MR) is 154 cm³/mol. The van der Waals surface area contributed by atoms with Gasteiger partial charge in [-0.2, -0.15) is 0 Å². The van der Waals surface area contributed by atoms with Crippen LogP contribution in [0.3, 0.4) is 0 Å². The number of thiocarbonyl (C=S) groups is 1. The molecule has 2 aromatic carbocycles. The van der Waals surface area contributed by atoms with Gasteiger partial charge in [-0.25, -0.2) is 4.79 Å². The smallest absolute Gasteiger partial charge is 0.339 e. The summed E-state index contributed by atoms with van der Waals surface area (Å²) in [5.41, 5.74) is 4.70. The minimum atomic E-state index is -0.420. The van der Waals surface area contributed by atoms with Gasteiger partial charge < -0.3 is 24.8 Å². The summed E-state index contributed by atoms with van der Waals surface area (Å²) >= 11 is 5.79. The molecule has 0 saturated carbocycles. The van der Waals surface area contributed by atoms with E-state index in [0.717, 1.165) is 22.6 Å². The Balaban J connectivity index is 1.48. The van der Waals surface area contributed by atoms with Gasteiger partial charge in [-0.15, -0.1) is 0 Å². The van der Waals surface area contributed by atoms with Crippen molar-refractivity contribution in [3.63, 3.8) is 0 Å². The number of amides is 1. The summed E-state index contributed by atoms with van der Waals surface area (Å²) in [4.78, 5) is 32.1. The normalized spacial score (nSPS) is 16.6. The molecule has 9 heteroatoms. The van der Waals surface area contributed by atoms with Crippen LogP contribution in [0.5, 0.6) is 0 Å². The Kier molecular flexibility index (Phi) is 7.69. The van der Waals surface area contributed by atoms with Crippen LogP contribution in [0.15, 0.2) is 91.3 Å². The number of anilines is 1. The zero-order chi connectivity index (χ0) is 27.4. The Morgan fingerprint density at radius 3 is 2.64 bits per heavy atom. The van der Waals surface area contributed by atoms with Gasteiger partial charge in [0.1, 0.15) is 0 Å².